The van der Waals surface area contributed by atoms with Gasteiger partial charge in [0.1, 0.15) is 18.1 Å². The second-order valence-corrected chi connectivity index (χ2v) is 9.01. The van der Waals surface area contributed by atoms with Crippen molar-refractivity contribution in [3.63, 3.8) is 0 Å². The van der Waals surface area contributed by atoms with Crippen molar-refractivity contribution < 1.29 is 9.47 Å². The summed E-state index contributed by atoms with van der Waals surface area (Å²) in [5.41, 5.74) is 3.44. The van der Waals surface area contributed by atoms with E-state index in [2.05, 4.69) is 43.1 Å². The van der Waals surface area contributed by atoms with Crippen molar-refractivity contribution in [2.75, 3.05) is 12.4 Å². The molecule has 3 aromatic rings. The lowest BCUT2D eigenvalue weighted by molar-refractivity contribution is 0.289. The predicted octanol–water partition coefficient (Wildman–Crippen LogP) is 4.91. The maximum atomic E-state index is 5.95. The first kappa shape index (κ1) is 20.5. The number of aromatic nitrogens is 3. The fraction of sp³-hybridized carbons (Fsp3) is 0.348. The minimum atomic E-state index is 0.119. The van der Waals surface area contributed by atoms with Gasteiger partial charge in [-0.15, -0.1) is 10.2 Å². The molecular weight excluding hydrogens is 396 g/mol. The van der Waals surface area contributed by atoms with Crippen LogP contribution >= 0.6 is 11.8 Å². The van der Waals surface area contributed by atoms with Gasteiger partial charge in [0.25, 0.3) is 0 Å². The summed E-state index contributed by atoms with van der Waals surface area (Å²) in [6.45, 7) is 9.53. The van der Waals surface area contributed by atoms with E-state index in [1.54, 1.807) is 16.4 Å². The van der Waals surface area contributed by atoms with Gasteiger partial charge in [0, 0.05) is 5.75 Å². The van der Waals surface area contributed by atoms with E-state index in [-0.39, 0.29) is 5.41 Å². The number of thioether (sulfide) groups is 1. The van der Waals surface area contributed by atoms with Crippen molar-refractivity contribution in [1.82, 2.24) is 14.9 Å². The number of nitrogens with zero attached hydrogens (tertiary/aromatic N) is 4. The molecule has 0 spiro atoms. The largest absolute Gasteiger partial charge is 0.494 e. The minimum absolute atomic E-state index is 0.119. The summed E-state index contributed by atoms with van der Waals surface area (Å²) in [4.78, 5) is 0. The number of hydrogen-bond acceptors (Lipinski definition) is 6. The number of fused-ring (bicyclic) bond motifs is 1. The van der Waals surface area contributed by atoms with Crippen LogP contribution in [-0.4, -0.2) is 32.9 Å². The SMILES string of the molecule is CCOc1ccc(C2=Nn3c(COc4ccc(C(C)(C)C)cc4)nnc3SC2)cc1. The van der Waals surface area contributed by atoms with Gasteiger partial charge in [0.15, 0.2) is 5.82 Å². The summed E-state index contributed by atoms with van der Waals surface area (Å²) in [7, 11) is 0. The maximum absolute atomic E-state index is 5.95. The van der Waals surface area contributed by atoms with Crippen LogP contribution < -0.4 is 9.47 Å². The van der Waals surface area contributed by atoms with Crippen LogP contribution in [0.25, 0.3) is 0 Å². The Morgan fingerprint density at radius 2 is 1.60 bits per heavy atom. The Balaban J connectivity index is 1.48. The molecule has 1 aromatic heterocycles. The summed E-state index contributed by atoms with van der Waals surface area (Å²) >= 11 is 1.63. The highest BCUT2D eigenvalue weighted by atomic mass is 32.2. The van der Waals surface area contributed by atoms with E-state index in [0.717, 1.165) is 33.7 Å². The van der Waals surface area contributed by atoms with E-state index < -0.39 is 0 Å². The van der Waals surface area contributed by atoms with E-state index >= 15 is 0 Å². The summed E-state index contributed by atoms with van der Waals surface area (Å²) in [6, 6.07) is 16.2. The molecule has 0 radical (unpaired) electrons. The quantitative estimate of drug-likeness (QED) is 0.565. The second kappa shape index (κ2) is 8.52. The van der Waals surface area contributed by atoms with Crippen LogP contribution in [0.4, 0.5) is 0 Å². The Morgan fingerprint density at radius 3 is 2.27 bits per heavy atom. The molecule has 2 aromatic carbocycles. The maximum Gasteiger partial charge on any atom is 0.212 e. The highest BCUT2D eigenvalue weighted by molar-refractivity contribution is 7.99. The molecule has 0 saturated heterocycles. The van der Waals surface area contributed by atoms with Crippen molar-refractivity contribution in [2.45, 2.75) is 44.9 Å². The lowest BCUT2D eigenvalue weighted by atomic mass is 9.87. The molecule has 0 fully saturated rings. The third-order valence-corrected chi connectivity index (χ3v) is 5.75. The molecule has 6 nitrogen and oxygen atoms in total. The Labute approximate surface area is 181 Å². The predicted molar refractivity (Wildman–Crippen MR) is 120 cm³/mol. The van der Waals surface area contributed by atoms with Gasteiger partial charge >= 0.3 is 0 Å². The standard InChI is InChI=1S/C23H26N4O2S/c1-5-28-18-10-6-16(7-11-18)20-15-30-22-25-24-21(27(22)26-20)14-29-19-12-8-17(9-13-19)23(2,3)4/h6-13H,5,14-15H2,1-4H3. The van der Waals surface area contributed by atoms with E-state index in [4.69, 9.17) is 14.6 Å². The molecule has 0 N–H and O–H groups in total. The number of rotatable bonds is 6. The van der Waals surface area contributed by atoms with Crippen molar-refractivity contribution in [3.05, 3.63) is 65.5 Å². The highest BCUT2D eigenvalue weighted by Crippen LogP contribution is 2.27. The van der Waals surface area contributed by atoms with Crippen molar-refractivity contribution in [1.29, 1.82) is 0 Å². The molecule has 7 heteroatoms. The molecule has 0 bridgehead atoms. The number of benzene rings is 2. The van der Waals surface area contributed by atoms with Gasteiger partial charge in [-0.05, 0) is 59.9 Å². The van der Waals surface area contributed by atoms with E-state index in [0.29, 0.717) is 19.0 Å². The third kappa shape index (κ3) is 4.51. The number of hydrogen-bond donors (Lipinski definition) is 0. The molecule has 0 atom stereocenters. The Morgan fingerprint density at radius 1 is 0.933 bits per heavy atom. The molecule has 30 heavy (non-hydrogen) atoms. The van der Waals surface area contributed by atoms with Gasteiger partial charge in [-0.3, -0.25) is 0 Å². The van der Waals surface area contributed by atoms with Gasteiger partial charge in [-0.1, -0.05) is 44.7 Å². The lowest BCUT2D eigenvalue weighted by Gasteiger charge is -2.19. The Bertz CT molecular complexity index is 1030. The van der Waals surface area contributed by atoms with Crippen LogP contribution in [0.3, 0.4) is 0 Å². The molecular formula is C23H26N4O2S. The fourth-order valence-corrected chi connectivity index (χ4v) is 3.97. The summed E-state index contributed by atoms with van der Waals surface area (Å²) < 4.78 is 13.3. The summed E-state index contributed by atoms with van der Waals surface area (Å²) in [5.74, 6) is 3.10. The van der Waals surface area contributed by atoms with E-state index in [9.17, 15) is 0 Å². The third-order valence-electron chi connectivity index (χ3n) is 4.82. The average molecular weight is 423 g/mol. The molecule has 0 amide bonds. The zero-order chi connectivity index (χ0) is 21.1. The minimum Gasteiger partial charge on any atom is -0.494 e. The van der Waals surface area contributed by atoms with Crippen molar-refractivity contribution in [2.24, 2.45) is 5.10 Å². The first-order valence-electron chi connectivity index (χ1n) is 10.1. The second-order valence-electron chi connectivity index (χ2n) is 8.07. The molecule has 2 heterocycles. The zero-order valence-corrected chi connectivity index (χ0v) is 18.6. The van der Waals surface area contributed by atoms with Crippen LogP contribution in [0.5, 0.6) is 11.5 Å². The van der Waals surface area contributed by atoms with Crippen LogP contribution in [0.1, 0.15) is 44.6 Å². The lowest BCUT2D eigenvalue weighted by Crippen LogP contribution is -2.15. The van der Waals surface area contributed by atoms with E-state index in [1.807, 2.05) is 43.3 Å². The first-order chi connectivity index (χ1) is 14.4. The Kier molecular flexibility index (Phi) is 5.81. The number of ether oxygens (including phenoxy) is 2. The Hall–Kier alpha value is -2.80. The smallest absolute Gasteiger partial charge is 0.212 e. The van der Waals surface area contributed by atoms with Gasteiger partial charge in [-0.25, -0.2) is 0 Å². The molecule has 0 saturated carbocycles. The van der Waals surface area contributed by atoms with E-state index in [1.165, 1.54) is 5.56 Å². The molecule has 4 rings (SSSR count). The van der Waals surface area contributed by atoms with Crippen molar-refractivity contribution in [3.8, 4) is 11.5 Å². The molecule has 1 aliphatic rings. The topological polar surface area (TPSA) is 61.5 Å². The summed E-state index contributed by atoms with van der Waals surface area (Å²) in [5, 5.41) is 14.1. The van der Waals surface area contributed by atoms with Crippen LogP contribution in [0, 0.1) is 0 Å². The monoisotopic (exact) mass is 422 g/mol. The van der Waals surface area contributed by atoms with Gasteiger partial charge in [-0.2, -0.15) is 9.78 Å². The van der Waals surface area contributed by atoms with Gasteiger partial charge in [0.2, 0.25) is 5.16 Å². The van der Waals surface area contributed by atoms with Gasteiger partial charge < -0.3 is 9.47 Å². The first-order valence-corrected chi connectivity index (χ1v) is 11.0. The van der Waals surface area contributed by atoms with Crippen LogP contribution in [0.2, 0.25) is 0 Å². The van der Waals surface area contributed by atoms with Crippen molar-refractivity contribution >= 4 is 17.5 Å². The molecule has 0 unspecified atom stereocenters. The average Bonchev–Trinajstić information content (AvgIpc) is 3.15. The molecule has 0 aliphatic carbocycles. The summed E-state index contributed by atoms with van der Waals surface area (Å²) in [6.07, 6.45) is 0. The van der Waals surface area contributed by atoms with Crippen LogP contribution in [-0.2, 0) is 12.0 Å². The molecule has 1 aliphatic heterocycles. The highest BCUT2D eigenvalue weighted by Gasteiger charge is 2.20. The normalized spacial score (nSPS) is 13.5. The van der Waals surface area contributed by atoms with Crippen LogP contribution in [0.15, 0.2) is 58.8 Å². The fourth-order valence-electron chi connectivity index (χ4n) is 3.11. The van der Waals surface area contributed by atoms with Gasteiger partial charge in [0.05, 0.1) is 12.3 Å². The zero-order valence-electron chi connectivity index (χ0n) is 17.8. The molecule has 156 valence electrons.